The predicted octanol–water partition coefficient (Wildman–Crippen LogP) is 3.21. The van der Waals surface area contributed by atoms with Crippen LogP contribution >= 0.6 is 0 Å². The van der Waals surface area contributed by atoms with Gasteiger partial charge in [0.15, 0.2) is 11.9 Å². The highest BCUT2D eigenvalue weighted by molar-refractivity contribution is 5.90. The van der Waals surface area contributed by atoms with Gasteiger partial charge >= 0.3 is 5.97 Å². The molecule has 1 fully saturated rings. The summed E-state index contributed by atoms with van der Waals surface area (Å²) in [6.07, 6.45) is 12.6. The van der Waals surface area contributed by atoms with E-state index in [4.69, 9.17) is 4.74 Å². The Morgan fingerprint density at radius 3 is 2.83 bits per heavy atom. The van der Waals surface area contributed by atoms with Crippen molar-refractivity contribution < 1.29 is 9.53 Å². The van der Waals surface area contributed by atoms with Crippen molar-refractivity contribution in [2.75, 3.05) is 0 Å². The van der Waals surface area contributed by atoms with Crippen LogP contribution in [-0.2, 0) is 4.74 Å². The predicted molar refractivity (Wildman–Crippen MR) is 87.3 cm³/mol. The molecule has 0 radical (unpaired) electrons. The SMILES string of the molecule is O=C(OC(c1ncccn1)C1CCCC1)c1ccn2cncc2c1. The van der Waals surface area contributed by atoms with E-state index >= 15 is 0 Å². The maximum absolute atomic E-state index is 12.6. The molecular formula is C18H18N4O2. The highest BCUT2D eigenvalue weighted by atomic mass is 16.5. The summed E-state index contributed by atoms with van der Waals surface area (Å²) < 4.78 is 7.69. The van der Waals surface area contributed by atoms with Crippen LogP contribution < -0.4 is 0 Å². The molecule has 1 aliphatic carbocycles. The van der Waals surface area contributed by atoms with Gasteiger partial charge < -0.3 is 9.14 Å². The molecule has 0 N–H and O–H groups in total. The van der Waals surface area contributed by atoms with Gasteiger partial charge in [-0.25, -0.2) is 19.7 Å². The van der Waals surface area contributed by atoms with E-state index in [0.717, 1.165) is 31.2 Å². The lowest BCUT2D eigenvalue weighted by Crippen LogP contribution is -2.20. The minimum absolute atomic E-state index is 0.287. The lowest BCUT2D eigenvalue weighted by Gasteiger charge is -2.22. The molecule has 4 rings (SSSR count). The largest absolute Gasteiger partial charge is 0.450 e. The molecule has 1 aliphatic rings. The van der Waals surface area contributed by atoms with Gasteiger partial charge in [-0.3, -0.25) is 0 Å². The summed E-state index contributed by atoms with van der Waals surface area (Å²) in [5.41, 5.74) is 1.37. The topological polar surface area (TPSA) is 69.4 Å². The molecule has 24 heavy (non-hydrogen) atoms. The molecule has 3 heterocycles. The summed E-state index contributed by atoms with van der Waals surface area (Å²) in [6.45, 7) is 0. The van der Waals surface area contributed by atoms with Crippen LogP contribution in [0.15, 0.2) is 49.3 Å². The fourth-order valence-corrected chi connectivity index (χ4v) is 3.31. The number of carbonyl (C=O) groups is 1. The summed E-state index contributed by atoms with van der Waals surface area (Å²) in [4.78, 5) is 25.3. The lowest BCUT2D eigenvalue weighted by molar-refractivity contribution is 0.0108. The number of esters is 1. The molecule has 6 nitrogen and oxygen atoms in total. The second-order valence-corrected chi connectivity index (χ2v) is 6.12. The molecule has 1 atom stereocenters. The third-order valence-corrected chi connectivity index (χ3v) is 4.55. The molecule has 1 saturated carbocycles. The van der Waals surface area contributed by atoms with Crippen molar-refractivity contribution in [3.8, 4) is 0 Å². The standard InChI is InChI=1S/C18H18N4O2/c23-18(14-6-9-22-12-19-11-15(22)10-14)24-16(13-4-1-2-5-13)17-20-7-3-8-21-17/h3,6-13,16H,1-2,4-5H2. The Bertz CT molecular complexity index is 840. The first-order chi connectivity index (χ1) is 11.8. The van der Waals surface area contributed by atoms with Crippen molar-refractivity contribution in [1.29, 1.82) is 0 Å². The van der Waals surface area contributed by atoms with Crippen LogP contribution in [0.5, 0.6) is 0 Å². The first-order valence-corrected chi connectivity index (χ1v) is 8.21. The Kier molecular flexibility index (Phi) is 3.94. The number of hydrogen-bond acceptors (Lipinski definition) is 5. The Morgan fingerprint density at radius 1 is 1.25 bits per heavy atom. The second kappa shape index (κ2) is 6.39. The molecule has 6 heteroatoms. The zero-order valence-electron chi connectivity index (χ0n) is 13.2. The Labute approximate surface area is 139 Å². The number of ether oxygens (including phenoxy) is 1. The summed E-state index contributed by atoms with van der Waals surface area (Å²) in [5, 5.41) is 0. The number of carbonyl (C=O) groups excluding carboxylic acids is 1. The molecule has 3 aromatic heterocycles. The molecule has 0 spiro atoms. The van der Waals surface area contributed by atoms with Crippen molar-refractivity contribution in [2.45, 2.75) is 31.8 Å². The van der Waals surface area contributed by atoms with E-state index in [1.165, 1.54) is 0 Å². The van der Waals surface area contributed by atoms with Gasteiger partial charge in [-0.05, 0) is 31.0 Å². The van der Waals surface area contributed by atoms with Crippen LogP contribution in [0.25, 0.3) is 5.52 Å². The Hall–Kier alpha value is -2.76. The van der Waals surface area contributed by atoms with E-state index < -0.39 is 0 Å². The van der Waals surface area contributed by atoms with E-state index in [1.807, 2.05) is 10.6 Å². The van der Waals surface area contributed by atoms with Gasteiger partial charge in [0.25, 0.3) is 0 Å². The minimum atomic E-state index is -0.387. The minimum Gasteiger partial charge on any atom is -0.450 e. The van der Waals surface area contributed by atoms with E-state index in [-0.39, 0.29) is 18.0 Å². The lowest BCUT2D eigenvalue weighted by atomic mass is 10.00. The quantitative estimate of drug-likeness (QED) is 0.690. The zero-order chi connectivity index (χ0) is 16.4. The van der Waals surface area contributed by atoms with Crippen LogP contribution in [0.3, 0.4) is 0 Å². The molecule has 0 amide bonds. The molecule has 0 aromatic carbocycles. The van der Waals surface area contributed by atoms with Crippen molar-refractivity contribution in [2.24, 2.45) is 5.92 Å². The van der Waals surface area contributed by atoms with Crippen LogP contribution in [-0.4, -0.2) is 25.3 Å². The van der Waals surface area contributed by atoms with Crippen molar-refractivity contribution in [3.05, 3.63) is 60.7 Å². The van der Waals surface area contributed by atoms with E-state index in [2.05, 4.69) is 15.0 Å². The van der Waals surface area contributed by atoms with Gasteiger partial charge in [-0.2, -0.15) is 0 Å². The molecule has 3 aromatic rings. The molecule has 0 saturated heterocycles. The number of nitrogens with zero attached hydrogens (tertiary/aromatic N) is 4. The van der Waals surface area contributed by atoms with Gasteiger partial charge in [0.05, 0.1) is 23.6 Å². The number of imidazole rings is 1. The number of fused-ring (bicyclic) bond motifs is 1. The van der Waals surface area contributed by atoms with Crippen LogP contribution in [0.4, 0.5) is 0 Å². The molecule has 122 valence electrons. The highest BCUT2D eigenvalue weighted by Gasteiger charge is 2.31. The smallest absolute Gasteiger partial charge is 0.338 e. The third-order valence-electron chi connectivity index (χ3n) is 4.55. The van der Waals surface area contributed by atoms with Gasteiger partial charge in [-0.1, -0.05) is 12.8 Å². The van der Waals surface area contributed by atoms with Gasteiger partial charge in [0.2, 0.25) is 0 Å². The van der Waals surface area contributed by atoms with Crippen molar-refractivity contribution in [3.63, 3.8) is 0 Å². The monoisotopic (exact) mass is 322 g/mol. The summed E-state index contributed by atoms with van der Waals surface area (Å²) in [5.74, 6) is 0.529. The van der Waals surface area contributed by atoms with Crippen molar-refractivity contribution in [1.82, 2.24) is 19.4 Å². The van der Waals surface area contributed by atoms with Crippen LogP contribution in [0.2, 0.25) is 0 Å². The maximum atomic E-state index is 12.6. The number of pyridine rings is 1. The number of rotatable bonds is 4. The fraction of sp³-hybridized carbons (Fsp3) is 0.333. The second-order valence-electron chi connectivity index (χ2n) is 6.12. The fourth-order valence-electron chi connectivity index (χ4n) is 3.31. The summed E-state index contributed by atoms with van der Waals surface area (Å²) in [6, 6.07) is 5.30. The van der Waals surface area contributed by atoms with Crippen LogP contribution in [0.1, 0.15) is 48.0 Å². The first kappa shape index (κ1) is 14.8. The van der Waals surface area contributed by atoms with Gasteiger partial charge in [0, 0.05) is 24.5 Å². The normalized spacial score (nSPS) is 16.3. The highest BCUT2D eigenvalue weighted by Crippen LogP contribution is 2.37. The average molecular weight is 322 g/mol. The third kappa shape index (κ3) is 2.87. The number of hydrogen-bond donors (Lipinski definition) is 0. The summed E-state index contributed by atoms with van der Waals surface area (Å²) in [7, 11) is 0. The molecular weight excluding hydrogens is 304 g/mol. The Balaban J connectivity index is 1.60. The van der Waals surface area contributed by atoms with Crippen LogP contribution in [0, 0.1) is 5.92 Å². The zero-order valence-corrected chi connectivity index (χ0v) is 13.2. The van der Waals surface area contributed by atoms with E-state index in [9.17, 15) is 4.79 Å². The Morgan fingerprint density at radius 2 is 2.04 bits per heavy atom. The average Bonchev–Trinajstić information content (AvgIpc) is 3.31. The maximum Gasteiger partial charge on any atom is 0.338 e. The molecule has 0 bridgehead atoms. The summed E-state index contributed by atoms with van der Waals surface area (Å²) >= 11 is 0. The van der Waals surface area contributed by atoms with Gasteiger partial charge in [-0.15, -0.1) is 0 Å². The van der Waals surface area contributed by atoms with E-state index in [0.29, 0.717) is 11.4 Å². The molecule has 1 unspecified atom stereocenters. The van der Waals surface area contributed by atoms with Gasteiger partial charge in [0.1, 0.15) is 0 Å². The van der Waals surface area contributed by atoms with Crippen molar-refractivity contribution >= 4 is 11.5 Å². The molecule has 0 aliphatic heterocycles. The van der Waals surface area contributed by atoms with E-state index in [1.54, 1.807) is 43.1 Å². The first-order valence-electron chi connectivity index (χ1n) is 8.21. The number of aromatic nitrogens is 4.